The number of carboxylic acids is 1. The summed E-state index contributed by atoms with van der Waals surface area (Å²) in [5.74, 6) is -1.24. The largest absolute Gasteiger partial charge is 0.477 e. The van der Waals surface area contributed by atoms with Gasteiger partial charge >= 0.3 is 17.1 Å². The highest BCUT2D eigenvalue weighted by Crippen LogP contribution is 2.41. The van der Waals surface area contributed by atoms with Crippen molar-refractivity contribution in [1.82, 2.24) is 25.0 Å². The second-order valence-electron chi connectivity index (χ2n) is 7.14. The Morgan fingerprint density at radius 2 is 2.18 bits per heavy atom. The van der Waals surface area contributed by atoms with E-state index in [1.54, 1.807) is 19.1 Å². The summed E-state index contributed by atoms with van der Waals surface area (Å²) in [5.41, 5.74) is -1.24. The van der Waals surface area contributed by atoms with Crippen LogP contribution in [0.4, 0.5) is 0 Å². The van der Waals surface area contributed by atoms with Crippen LogP contribution in [0.2, 0.25) is 0 Å². The minimum Gasteiger partial charge on any atom is -0.477 e. The molecule has 0 radical (unpaired) electrons. The van der Waals surface area contributed by atoms with Crippen molar-refractivity contribution in [3.05, 3.63) is 56.1 Å². The van der Waals surface area contributed by atoms with Gasteiger partial charge in [-0.15, -0.1) is 16.9 Å². The van der Waals surface area contributed by atoms with Gasteiger partial charge in [-0.2, -0.15) is 0 Å². The number of aromatic nitrogens is 3. The molecule has 2 amide bonds. The summed E-state index contributed by atoms with van der Waals surface area (Å²) in [5, 5.41) is 18.1. The molecule has 2 aromatic heterocycles. The molecule has 2 aromatic rings. The van der Waals surface area contributed by atoms with Crippen LogP contribution in [0, 0.1) is 0 Å². The molecule has 0 bridgehead atoms. The maximum Gasteiger partial charge on any atom is 0.352 e. The predicted molar refractivity (Wildman–Crippen MR) is 118 cm³/mol. The number of furan rings is 1. The smallest absolute Gasteiger partial charge is 0.352 e. The van der Waals surface area contributed by atoms with Gasteiger partial charge in [0, 0.05) is 18.1 Å². The van der Waals surface area contributed by atoms with Crippen molar-refractivity contribution in [1.29, 1.82) is 0 Å². The molecule has 174 valence electrons. The fourth-order valence-electron chi connectivity index (χ4n) is 3.55. The first-order valence-corrected chi connectivity index (χ1v) is 11.9. The minimum absolute atomic E-state index is 0.0248. The number of fused-ring (bicyclic) bond motifs is 1. The van der Waals surface area contributed by atoms with Crippen LogP contribution in [-0.4, -0.2) is 65.5 Å². The van der Waals surface area contributed by atoms with Crippen molar-refractivity contribution in [2.75, 3.05) is 11.5 Å². The van der Waals surface area contributed by atoms with Crippen LogP contribution in [0.1, 0.15) is 12.7 Å². The standard InChI is InChI=1S/C19H19N5O7S2/c1-2-23-16(28)14(26)21-22-19(23)33-8-9-7-32-17-12(15(27)24(17)13(9)18(29)30)20-11(25)6-10-4-3-5-31-10/h3-5,12,17H,2,6-8H2,1H3,(H,20,25)(H,21,26)(H,29,30)/t12-,17+/m1/s1. The summed E-state index contributed by atoms with van der Waals surface area (Å²) < 4.78 is 6.33. The van der Waals surface area contributed by atoms with E-state index < -0.39 is 40.3 Å². The second-order valence-corrected chi connectivity index (χ2v) is 9.19. The molecule has 4 rings (SSSR count). The van der Waals surface area contributed by atoms with E-state index in [0.717, 1.165) is 11.8 Å². The molecule has 2 aliphatic rings. The van der Waals surface area contributed by atoms with Crippen molar-refractivity contribution in [3.63, 3.8) is 0 Å². The van der Waals surface area contributed by atoms with Gasteiger partial charge in [0.25, 0.3) is 5.91 Å². The number of thioether (sulfide) groups is 2. The highest BCUT2D eigenvalue weighted by atomic mass is 32.2. The van der Waals surface area contributed by atoms with E-state index in [9.17, 15) is 29.1 Å². The van der Waals surface area contributed by atoms with Gasteiger partial charge in [-0.3, -0.25) is 28.6 Å². The lowest BCUT2D eigenvalue weighted by molar-refractivity contribution is -0.150. The Kier molecular flexibility index (Phi) is 6.47. The number of hydrogen-bond acceptors (Lipinski definition) is 9. The molecule has 0 aromatic carbocycles. The molecule has 1 fully saturated rings. The molecule has 3 N–H and O–H groups in total. The maximum absolute atomic E-state index is 12.7. The Balaban J connectivity index is 1.49. The van der Waals surface area contributed by atoms with Crippen molar-refractivity contribution < 1.29 is 23.9 Å². The zero-order valence-electron chi connectivity index (χ0n) is 17.3. The monoisotopic (exact) mass is 493 g/mol. The van der Waals surface area contributed by atoms with Crippen LogP contribution in [-0.2, 0) is 27.3 Å². The van der Waals surface area contributed by atoms with Gasteiger partial charge in [-0.05, 0) is 24.6 Å². The Hall–Kier alpha value is -3.26. The molecule has 33 heavy (non-hydrogen) atoms. The minimum atomic E-state index is -1.26. The first-order valence-electron chi connectivity index (χ1n) is 9.85. The number of nitrogens with one attached hydrogen (secondary N) is 2. The molecule has 2 aliphatic heterocycles. The van der Waals surface area contributed by atoms with Crippen molar-refractivity contribution >= 4 is 41.3 Å². The number of carbonyl (C=O) groups excluding carboxylic acids is 2. The third-order valence-electron chi connectivity index (χ3n) is 5.10. The Bertz CT molecular complexity index is 1250. The van der Waals surface area contributed by atoms with E-state index in [1.165, 1.54) is 27.5 Å². The molecule has 2 atom stereocenters. The third-order valence-corrected chi connectivity index (χ3v) is 7.50. The summed E-state index contributed by atoms with van der Waals surface area (Å²) in [6.07, 6.45) is 1.42. The summed E-state index contributed by atoms with van der Waals surface area (Å²) >= 11 is 2.43. The topological polar surface area (TPSA) is 168 Å². The van der Waals surface area contributed by atoms with E-state index in [0.29, 0.717) is 17.1 Å². The van der Waals surface area contributed by atoms with Gasteiger partial charge in [-0.1, -0.05) is 11.8 Å². The van der Waals surface area contributed by atoms with Crippen LogP contribution in [0.15, 0.2) is 48.8 Å². The molecule has 0 unspecified atom stereocenters. The van der Waals surface area contributed by atoms with Crippen LogP contribution >= 0.6 is 23.5 Å². The number of carbonyl (C=O) groups is 3. The zero-order chi connectivity index (χ0) is 23.7. The number of β-lactam (4-membered cyclic amide) rings is 1. The fourth-order valence-corrected chi connectivity index (χ4v) is 6.04. The van der Waals surface area contributed by atoms with E-state index in [2.05, 4.69) is 15.5 Å². The third kappa shape index (κ3) is 4.35. The number of nitrogens with zero attached hydrogens (tertiary/aromatic N) is 3. The van der Waals surface area contributed by atoms with Gasteiger partial charge in [0.15, 0.2) is 5.16 Å². The number of aliphatic carboxylic acids is 1. The van der Waals surface area contributed by atoms with Gasteiger partial charge in [-0.25, -0.2) is 9.89 Å². The number of aromatic amines is 1. The molecule has 0 spiro atoms. The summed E-state index contributed by atoms with van der Waals surface area (Å²) in [6, 6.07) is 2.47. The predicted octanol–water partition coefficient (Wildman–Crippen LogP) is -0.382. The number of amides is 2. The van der Waals surface area contributed by atoms with Crippen molar-refractivity contribution in [2.45, 2.75) is 36.5 Å². The van der Waals surface area contributed by atoms with E-state index >= 15 is 0 Å². The van der Waals surface area contributed by atoms with Crippen molar-refractivity contribution in [3.8, 4) is 0 Å². The molecule has 14 heteroatoms. The highest BCUT2D eigenvalue weighted by Gasteiger charge is 2.54. The SMILES string of the molecule is CCn1c(SCC2=C(C(=O)O)N3C(=O)[C@@H](NC(=O)Cc4ccco4)[C@@H]3SC2)n[nH]c(=O)c1=O. The van der Waals surface area contributed by atoms with E-state index in [4.69, 9.17) is 4.42 Å². The van der Waals surface area contributed by atoms with Crippen LogP contribution in [0.25, 0.3) is 0 Å². The summed E-state index contributed by atoms with van der Waals surface area (Å²) in [6.45, 7) is 1.92. The van der Waals surface area contributed by atoms with Crippen LogP contribution in [0.3, 0.4) is 0 Å². The van der Waals surface area contributed by atoms with E-state index in [-0.39, 0.29) is 29.6 Å². The maximum atomic E-state index is 12.7. The van der Waals surface area contributed by atoms with Gasteiger partial charge < -0.3 is 14.8 Å². The lowest BCUT2D eigenvalue weighted by atomic mass is 10.0. The normalized spacial score (nSPS) is 19.8. The second kappa shape index (κ2) is 9.31. The molecule has 4 heterocycles. The molecule has 1 saturated heterocycles. The Morgan fingerprint density at radius 3 is 2.85 bits per heavy atom. The first-order chi connectivity index (χ1) is 15.8. The fraction of sp³-hybridized carbons (Fsp3) is 0.368. The van der Waals surface area contributed by atoms with Gasteiger partial charge in [0.1, 0.15) is 22.9 Å². The lowest BCUT2D eigenvalue weighted by Crippen LogP contribution is -2.70. The lowest BCUT2D eigenvalue weighted by Gasteiger charge is -2.49. The van der Waals surface area contributed by atoms with Crippen LogP contribution < -0.4 is 16.4 Å². The molecule has 0 aliphatic carbocycles. The summed E-state index contributed by atoms with van der Waals surface area (Å²) in [4.78, 5) is 61.6. The molecular formula is C19H19N5O7S2. The first kappa shape index (κ1) is 22.9. The number of carboxylic acid groups (broad SMARTS) is 1. The summed E-state index contributed by atoms with van der Waals surface area (Å²) in [7, 11) is 0. The highest BCUT2D eigenvalue weighted by molar-refractivity contribution is 8.01. The zero-order valence-corrected chi connectivity index (χ0v) is 18.9. The van der Waals surface area contributed by atoms with Gasteiger partial charge in [0.05, 0.1) is 12.7 Å². The number of hydrogen-bond donors (Lipinski definition) is 3. The quantitative estimate of drug-likeness (QED) is 0.250. The van der Waals surface area contributed by atoms with E-state index in [1.807, 2.05) is 0 Å². The molecule has 12 nitrogen and oxygen atoms in total. The Labute approximate surface area is 194 Å². The van der Waals surface area contributed by atoms with Gasteiger partial charge in [0.2, 0.25) is 5.91 Å². The Morgan fingerprint density at radius 1 is 1.39 bits per heavy atom. The average Bonchev–Trinajstić information content (AvgIpc) is 3.30. The number of rotatable bonds is 8. The van der Waals surface area contributed by atoms with Crippen LogP contribution in [0.5, 0.6) is 0 Å². The molecule has 0 saturated carbocycles. The average molecular weight is 494 g/mol. The number of H-pyrrole nitrogens is 1. The van der Waals surface area contributed by atoms with Crippen molar-refractivity contribution in [2.24, 2.45) is 0 Å². The molecular weight excluding hydrogens is 474 g/mol.